The quantitative estimate of drug-likeness (QED) is 0.337. The van der Waals surface area contributed by atoms with Crippen molar-refractivity contribution >= 4 is 22.4 Å². The first-order valence-electron chi connectivity index (χ1n) is 13.3. The number of benzene rings is 1. The second-order valence-corrected chi connectivity index (χ2v) is 10.2. The number of aromatic amines is 2. The molecule has 2 aliphatic rings. The van der Waals surface area contributed by atoms with Gasteiger partial charge in [0, 0.05) is 24.1 Å². The minimum Gasteiger partial charge on any atom is -0.339 e. The van der Waals surface area contributed by atoms with Crippen LogP contribution in [0, 0.1) is 0 Å². The van der Waals surface area contributed by atoms with E-state index in [9.17, 15) is 4.79 Å². The highest BCUT2D eigenvalue weighted by Gasteiger charge is 2.24. The lowest BCUT2D eigenvalue weighted by molar-refractivity contribution is 0.201. The molecule has 6 rings (SSSR count). The van der Waals surface area contributed by atoms with Gasteiger partial charge in [-0.15, -0.1) is 10.2 Å². The topological polar surface area (TPSA) is 141 Å². The predicted molar refractivity (Wildman–Crippen MR) is 140 cm³/mol. The Kier molecular flexibility index (Phi) is 6.85. The first kappa shape index (κ1) is 23.7. The standard InChI is InChI=1S/C26H32N10O/c37-26-22-21(15-27-33-26)29-23(18-5-3-1-2-4-6-18)30-25(22)28-20-9-7-17(8-10-20)16-36-13-11-19(12-14-36)24-31-34-35-32-24/h7-10,15,18-19H,1-6,11-14,16H2,(H,33,37)(H,28,29,30)(H,31,32,34,35). The summed E-state index contributed by atoms with van der Waals surface area (Å²) in [6.07, 6.45) is 10.8. The normalized spacial score (nSPS) is 18.2. The number of rotatable bonds is 6. The van der Waals surface area contributed by atoms with Gasteiger partial charge in [0.05, 0.1) is 6.20 Å². The van der Waals surface area contributed by atoms with Gasteiger partial charge in [0.2, 0.25) is 0 Å². The van der Waals surface area contributed by atoms with Crippen LogP contribution < -0.4 is 10.9 Å². The van der Waals surface area contributed by atoms with Crippen molar-refractivity contribution in [1.29, 1.82) is 0 Å². The molecule has 0 bridgehead atoms. The number of H-pyrrole nitrogens is 2. The van der Waals surface area contributed by atoms with Gasteiger partial charge in [-0.25, -0.2) is 15.1 Å². The van der Waals surface area contributed by atoms with Crippen LogP contribution >= 0.6 is 0 Å². The van der Waals surface area contributed by atoms with Crippen LogP contribution in [0.1, 0.15) is 80.4 Å². The number of likely N-dealkylation sites (tertiary alicyclic amines) is 1. The minimum atomic E-state index is -0.284. The molecular weight excluding hydrogens is 468 g/mol. The summed E-state index contributed by atoms with van der Waals surface area (Å²) >= 11 is 0. The van der Waals surface area contributed by atoms with Gasteiger partial charge in [-0.1, -0.05) is 43.0 Å². The number of hydrogen-bond donors (Lipinski definition) is 3. The smallest absolute Gasteiger partial charge is 0.277 e. The largest absolute Gasteiger partial charge is 0.339 e. The summed E-state index contributed by atoms with van der Waals surface area (Å²) in [6, 6.07) is 8.37. The van der Waals surface area contributed by atoms with Gasteiger partial charge in [0.1, 0.15) is 22.5 Å². The molecule has 4 aromatic rings. The Bertz CT molecular complexity index is 1370. The number of anilines is 2. The van der Waals surface area contributed by atoms with Gasteiger partial charge in [-0.05, 0) is 56.5 Å². The summed E-state index contributed by atoms with van der Waals surface area (Å²) in [6.45, 7) is 2.91. The van der Waals surface area contributed by atoms with Crippen LogP contribution in [0.25, 0.3) is 10.9 Å². The molecule has 192 valence electrons. The highest BCUT2D eigenvalue weighted by Crippen LogP contribution is 2.32. The molecule has 0 unspecified atom stereocenters. The van der Waals surface area contributed by atoms with Crippen LogP contribution in [0.3, 0.4) is 0 Å². The van der Waals surface area contributed by atoms with Crippen molar-refractivity contribution in [2.24, 2.45) is 0 Å². The second kappa shape index (κ2) is 10.7. The van der Waals surface area contributed by atoms with Gasteiger partial charge >= 0.3 is 0 Å². The van der Waals surface area contributed by atoms with E-state index in [1.54, 1.807) is 6.20 Å². The number of nitrogens with one attached hydrogen (secondary N) is 3. The third-order valence-electron chi connectivity index (χ3n) is 7.69. The zero-order valence-corrected chi connectivity index (χ0v) is 20.9. The summed E-state index contributed by atoms with van der Waals surface area (Å²) in [7, 11) is 0. The van der Waals surface area contributed by atoms with E-state index in [-0.39, 0.29) is 5.56 Å². The SMILES string of the molecule is O=c1[nH]ncc2nc(C3CCCCCC3)nc(Nc3ccc(CN4CCC(c5nn[nH]n5)CC4)cc3)c12. The summed E-state index contributed by atoms with van der Waals surface area (Å²) in [4.78, 5) is 24.7. The van der Waals surface area contributed by atoms with E-state index in [1.165, 1.54) is 31.2 Å². The number of nitrogens with zero attached hydrogens (tertiary/aromatic N) is 7. The molecule has 1 aliphatic heterocycles. The highest BCUT2D eigenvalue weighted by atomic mass is 16.1. The fourth-order valence-electron chi connectivity index (χ4n) is 5.61. The fraction of sp³-hybridized carbons (Fsp3) is 0.500. The highest BCUT2D eigenvalue weighted by molar-refractivity contribution is 5.89. The van der Waals surface area contributed by atoms with E-state index in [4.69, 9.17) is 9.97 Å². The molecule has 0 amide bonds. The van der Waals surface area contributed by atoms with Crippen LogP contribution in [0.2, 0.25) is 0 Å². The van der Waals surface area contributed by atoms with Gasteiger partial charge in [-0.2, -0.15) is 10.3 Å². The van der Waals surface area contributed by atoms with E-state index < -0.39 is 0 Å². The maximum atomic E-state index is 12.6. The molecule has 37 heavy (non-hydrogen) atoms. The maximum absolute atomic E-state index is 12.6. The fourth-order valence-corrected chi connectivity index (χ4v) is 5.61. The Morgan fingerprint density at radius 2 is 1.68 bits per heavy atom. The van der Waals surface area contributed by atoms with Gasteiger partial charge in [0.15, 0.2) is 5.82 Å². The van der Waals surface area contributed by atoms with Crippen LogP contribution in [-0.2, 0) is 6.54 Å². The average Bonchev–Trinajstić information content (AvgIpc) is 3.32. The molecule has 2 fully saturated rings. The molecule has 11 heteroatoms. The van der Waals surface area contributed by atoms with E-state index in [1.807, 2.05) is 0 Å². The molecule has 1 aromatic carbocycles. The van der Waals surface area contributed by atoms with Crippen molar-refractivity contribution in [2.45, 2.75) is 69.7 Å². The van der Waals surface area contributed by atoms with Crippen molar-refractivity contribution in [3.63, 3.8) is 0 Å². The Hall–Kier alpha value is -3.73. The summed E-state index contributed by atoms with van der Waals surface area (Å²) < 4.78 is 0. The molecule has 11 nitrogen and oxygen atoms in total. The molecule has 0 spiro atoms. The molecule has 0 atom stereocenters. The Balaban J connectivity index is 1.17. The molecule has 1 saturated carbocycles. The Morgan fingerprint density at radius 3 is 2.41 bits per heavy atom. The van der Waals surface area contributed by atoms with Crippen molar-refractivity contribution in [3.8, 4) is 0 Å². The lowest BCUT2D eigenvalue weighted by Gasteiger charge is -2.30. The monoisotopic (exact) mass is 500 g/mol. The van der Waals surface area contributed by atoms with Crippen molar-refractivity contribution in [2.75, 3.05) is 18.4 Å². The molecule has 3 aromatic heterocycles. The maximum Gasteiger partial charge on any atom is 0.277 e. The molecule has 1 aliphatic carbocycles. The van der Waals surface area contributed by atoms with Crippen molar-refractivity contribution in [3.05, 3.63) is 58.0 Å². The molecule has 4 heterocycles. The summed E-state index contributed by atoms with van der Waals surface area (Å²) in [5.74, 6) is 2.88. The average molecular weight is 501 g/mol. The second-order valence-electron chi connectivity index (χ2n) is 10.2. The van der Waals surface area contributed by atoms with E-state index in [0.717, 1.165) is 62.7 Å². The first-order valence-corrected chi connectivity index (χ1v) is 13.3. The van der Waals surface area contributed by atoms with Gasteiger partial charge < -0.3 is 5.32 Å². The van der Waals surface area contributed by atoms with Crippen molar-refractivity contribution < 1.29 is 0 Å². The first-order chi connectivity index (χ1) is 18.2. The van der Waals surface area contributed by atoms with Crippen LogP contribution in [0.5, 0.6) is 0 Å². The third-order valence-corrected chi connectivity index (χ3v) is 7.69. The van der Waals surface area contributed by atoms with E-state index in [0.29, 0.717) is 28.6 Å². The van der Waals surface area contributed by atoms with Crippen LogP contribution in [-0.4, -0.2) is 58.8 Å². The zero-order chi connectivity index (χ0) is 25.0. The number of tetrazole rings is 1. The third kappa shape index (κ3) is 5.36. The van der Waals surface area contributed by atoms with E-state index >= 15 is 0 Å². The number of aromatic nitrogens is 8. The predicted octanol–water partition coefficient (Wildman–Crippen LogP) is 3.79. The minimum absolute atomic E-state index is 0.284. The lowest BCUT2D eigenvalue weighted by Crippen LogP contribution is -2.32. The van der Waals surface area contributed by atoms with E-state index in [2.05, 4.69) is 65.3 Å². The molecular formula is C26H32N10O. The number of hydrogen-bond acceptors (Lipinski definition) is 9. The Labute approximate surface area is 214 Å². The van der Waals surface area contributed by atoms with Gasteiger partial charge in [-0.3, -0.25) is 9.69 Å². The zero-order valence-electron chi connectivity index (χ0n) is 20.9. The molecule has 1 saturated heterocycles. The Morgan fingerprint density at radius 1 is 0.919 bits per heavy atom. The molecule has 0 radical (unpaired) electrons. The number of fused-ring (bicyclic) bond motifs is 1. The van der Waals surface area contributed by atoms with Crippen LogP contribution in [0.15, 0.2) is 35.3 Å². The summed E-state index contributed by atoms with van der Waals surface area (Å²) in [5.41, 5.74) is 2.44. The molecule has 3 N–H and O–H groups in total. The van der Waals surface area contributed by atoms with Crippen LogP contribution in [0.4, 0.5) is 11.5 Å². The van der Waals surface area contributed by atoms with Crippen molar-refractivity contribution in [1.82, 2.24) is 45.7 Å². The number of piperidine rings is 1. The summed E-state index contributed by atoms with van der Waals surface area (Å²) in [5, 5.41) is 24.9. The van der Waals surface area contributed by atoms with Gasteiger partial charge in [0.25, 0.3) is 5.56 Å². The lowest BCUT2D eigenvalue weighted by atomic mass is 9.96.